The number of alkyl halides is 1. The van der Waals surface area contributed by atoms with Crippen molar-refractivity contribution >= 4 is 11.6 Å². The monoisotopic (exact) mass is 238 g/mol. The molecule has 3 heteroatoms. The van der Waals surface area contributed by atoms with E-state index in [2.05, 4.69) is 0 Å². The zero-order valence-electron chi connectivity index (χ0n) is 8.38. The first-order chi connectivity index (χ1) is 7.70. The van der Waals surface area contributed by atoms with Crippen LogP contribution in [0.1, 0.15) is 5.56 Å². The molecule has 16 heavy (non-hydrogen) atoms. The lowest BCUT2D eigenvalue weighted by atomic mass is 10.0. The second-order valence-electron chi connectivity index (χ2n) is 3.46. The van der Waals surface area contributed by atoms with Crippen LogP contribution >= 0.6 is 11.6 Å². The smallest absolute Gasteiger partial charge is 0.131 e. The Bertz CT molecular complexity index is 509. The highest BCUT2D eigenvalue weighted by atomic mass is 35.5. The average molecular weight is 239 g/mol. The first-order valence-corrected chi connectivity index (χ1v) is 5.34. The molecule has 0 bridgehead atoms. The Morgan fingerprint density at radius 2 is 1.81 bits per heavy atom. The third kappa shape index (κ3) is 2.22. The van der Waals surface area contributed by atoms with Gasteiger partial charge in [-0.3, -0.25) is 0 Å². The Balaban J connectivity index is 2.54. The van der Waals surface area contributed by atoms with Gasteiger partial charge in [0.25, 0.3) is 0 Å². The van der Waals surface area contributed by atoms with Crippen LogP contribution in [0.2, 0.25) is 0 Å². The molecule has 0 aliphatic carbocycles. The first kappa shape index (κ1) is 11.1. The van der Waals surface area contributed by atoms with E-state index in [9.17, 15) is 8.78 Å². The van der Waals surface area contributed by atoms with Crippen molar-refractivity contribution in [1.29, 1.82) is 0 Å². The molecule has 82 valence electrons. The van der Waals surface area contributed by atoms with Crippen LogP contribution in [-0.2, 0) is 5.88 Å². The van der Waals surface area contributed by atoms with Gasteiger partial charge in [-0.1, -0.05) is 18.2 Å². The van der Waals surface area contributed by atoms with Crippen LogP contribution in [0.4, 0.5) is 8.78 Å². The molecule has 0 amide bonds. The molecule has 0 fully saturated rings. The summed E-state index contributed by atoms with van der Waals surface area (Å²) < 4.78 is 26.6. The minimum absolute atomic E-state index is 0.308. The molecular formula is C13H9ClF2. The average Bonchev–Trinajstić information content (AvgIpc) is 2.30. The van der Waals surface area contributed by atoms with Gasteiger partial charge >= 0.3 is 0 Å². The van der Waals surface area contributed by atoms with E-state index in [-0.39, 0.29) is 11.6 Å². The maximum Gasteiger partial charge on any atom is 0.131 e. The van der Waals surface area contributed by atoms with Gasteiger partial charge in [0, 0.05) is 11.4 Å². The Kier molecular flexibility index (Phi) is 3.20. The third-order valence-electron chi connectivity index (χ3n) is 2.32. The van der Waals surface area contributed by atoms with Gasteiger partial charge in [0.1, 0.15) is 11.6 Å². The quantitative estimate of drug-likeness (QED) is 0.682. The third-order valence-corrected chi connectivity index (χ3v) is 2.63. The molecule has 0 nitrogen and oxygen atoms in total. The normalized spacial score (nSPS) is 10.4. The summed E-state index contributed by atoms with van der Waals surface area (Å²) in [7, 11) is 0. The van der Waals surface area contributed by atoms with Gasteiger partial charge in [-0.25, -0.2) is 8.78 Å². The molecule has 0 saturated heterocycles. The molecule has 0 saturated carbocycles. The van der Waals surface area contributed by atoms with Crippen molar-refractivity contribution < 1.29 is 8.78 Å². The van der Waals surface area contributed by atoms with Crippen LogP contribution < -0.4 is 0 Å². The molecule has 2 rings (SSSR count). The summed E-state index contributed by atoms with van der Waals surface area (Å²) in [6, 6.07) is 10.4. The molecule has 0 aromatic heterocycles. The summed E-state index contributed by atoms with van der Waals surface area (Å²) in [5.41, 5.74) is 1.70. The zero-order chi connectivity index (χ0) is 11.5. The van der Waals surface area contributed by atoms with Crippen molar-refractivity contribution in [2.75, 3.05) is 0 Å². The van der Waals surface area contributed by atoms with Crippen LogP contribution in [0.15, 0.2) is 42.5 Å². The number of benzene rings is 2. The highest BCUT2D eigenvalue weighted by Gasteiger charge is 2.06. The van der Waals surface area contributed by atoms with Gasteiger partial charge < -0.3 is 0 Å². The SMILES string of the molecule is Fc1cccc(-c2cc(CCl)ccc2F)c1. The van der Waals surface area contributed by atoms with Crippen molar-refractivity contribution in [2.24, 2.45) is 0 Å². The van der Waals surface area contributed by atoms with Gasteiger partial charge in [-0.05, 0) is 35.4 Å². The summed E-state index contributed by atoms with van der Waals surface area (Å²) >= 11 is 5.67. The largest absolute Gasteiger partial charge is 0.207 e. The molecular weight excluding hydrogens is 230 g/mol. The van der Waals surface area contributed by atoms with E-state index in [4.69, 9.17) is 11.6 Å². The lowest BCUT2D eigenvalue weighted by Crippen LogP contribution is -1.88. The minimum atomic E-state index is -0.381. The topological polar surface area (TPSA) is 0 Å². The fraction of sp³-hybridized carbons (Fsp3) is 0.0769. The van der Waals surface area contributed by atoms with Crippen molar-refractivity contribution in [3.05, 3.63) is 59.7 Å². The van der Waals surface area contributed by atoms with Crippen molar-refractivity contribution in [3.8, 4) is 11.1 Å². The lowest BCUT2D eigenvalue weighted by molar-refractivity contribution is 0.624. The molecule has 0 heterocycles. The van der Waals surface area contributed by atoms with Gasteiger partial charge in [0.2, 0.25) is 0 Å². The van der Waals surface area contributed by atoms with Crippen molar-refractivity contribution in [3.63, 3.8) is 0 Å². The molecule has 0 radical (unpaired) electrons. The lowest BCUT2D eigenvalue weighted by Gasteiger charge is -2.05. The van der Waals surface area contributed by atoms with Crippen LogP contribution in [0.5, 0.6) is 0 Å². The van der Waals surface area contributed by atoms with Crippen LogP contribution in [0.3, 0.4) is 0 Å². The molecule has 2 aromatic carbocycles. The molecule has 0 aliphatic rings. The highest BCUT2D eigenvalue weighted by molar-refractivity contribution is 6.17. The predicted octanol–water partition coefficient (Wildman–Crippen LogP) is 4.37. The number of halogens is 3. The molecule has 0 unspecified atom stereocenters. The van der Waals surface area contributed by atoms with Gasteiger partial charge in [-0.2, -0.15) is 0 Å². The Morgan fingerprint density at radius 1 is 1.00 bits per heavy atom. The first-order valence-electron chi connectivity index (χ1n) is 4.81. The summed E-state index contributed by atoms with van der Waals surface area (Å²) in [5, 5.41) is 0. The second kappa shape index (κ2) is 4.62. The molecule has 0 N–H and O–H groups in total. The van der Waals surface area contributed by atoms with Gasteiger partial charge in [-0.15, -0.1) is 11.6 Å². The van der Waals surface area contributed by atoms with E-state index >= 15 is 0 Å². The molecule has 0 aliphatic heterocycles. The summed E-state index contributed by atoms with van der Waals surface area (Å²) in [6.07, 6.45) is 0. The predicted molar refractivity (Wildman–Crippen MR) is 61.4 cm³/mol. The van der Waals surface area contributed by atoms with Crippen LogP contribution in [0.25, 0.3) is 11.1 Å². The van der Waals surface area contributed by atoms with Crippen molar-refractivity contribution in [1.82, 2.24) is 0 Å². The van der Waals surface area contributed by atoms with Crippen molar-refractivity contribution in [2.45, 2.75) is 5.88 Å². The van der Waals surface area contributed by atoms with E-state index in [1.54, 1.807) is 24.3 Å². The van der Waals surface area contributed by atoms with E-state index in [0.717, 1.165) is 5.56 Å². The van der Waals surface area contributed by atoms with Gasteiger partial charge in [0.05, 0.1) is 0 Å². The Morgan fingerprint density at radius 3 is 2.50 bits per heavy atom. The van der Waals surface area contributed by atoms with E-state index in [1.807, 2.05) is 0 Å². The van der Waals surface area contributed by atoms with Gasteiger partial charge in [0.15, 0.2) is 0 Å². The molecule has 0 spiro atoms. The highest BCUT2D eigenvalue weighted by Crippen LogP contribution is 2.25. The second-order valence-corrected chi connectivity index (χ2v) is 3.73. The zero-order valence-corrected chi connectivity index (χ0v) is 9.14. The summed E-state index contributed by atoms with van der Waals surface area (Å²) in [4.78, 5) is 0. The number of rotatable bonds is 2. The Hall–Kier alpha value is -1.41. The fourth-order valence-corrected chi connectivity index (χ4v) is 1.70. The van der Waals surface area contributed by atoms with Crippen LogP contribution in [0, 0.1) is 11.6 Å². The molecule has 2 aromatic rings. The van der Waals surface area contributed by atoms with E-state index < -0.39 is 0 Å². The summed E-state index contributed by atoms with van der Waals surface area (Å²) in [5.74, 6) is -0.449. The standard InChI is InChI=1S/C13H9ClF2/c14-8-9-4-5-13(16)12(6-9)10-2-1-3-11(15)7-10/h1-7H,8H2. The number of hydrogen-bond donors (Lipinski definition) is 0. The summed E-state index contributed by atoms with van der Waals surface area (Å²) in [6.45, 7) is 0. The Labute approximate surface area is 97.5 Å². The molecule has 0 atom stereocenters. The fourth-order valence-electron chi connectivity index (χ4n) is 1.53. The maximum absolute atomic E-state index is 13.6. The van der Waals surface area contributed by atoms with Crippen LogP contribution in [-0.4, -0.2) is 0 Å². The van der Waals surface area contributed by atoms with E-state index in [0.29, 0.717) is 17.0 Å². The number of hydrogen-bond acceptors (Lipinski definition) is 0. The maximum atomic E-state index is 13.6. The minimum Gasteiger partial charge on any atom is -0.207 e. The van der Waals surface area contributed by atoms with E-state index in [1.165, 1.54) is 18.2 Å².